The van der Waals surface area contributed by atoms with Gasteiger partial charge in [-0.15, -0.1) is 0 Å². The highest BCUT2D eigenvalue weighted by molar-refractivity contribution is 5.90. The van der Waals surface area contributed by atoms with Crippen LogP contribution < -0.4 is 5.32 Å². The number of carbonyl (C=O) groups excluding carboxylic acids is 1. The van der Waals surface area contributed by atoms with Gasteiger partial charge in [-0.25, -0.2) is 0 Å². The first-order valence-corrected chi connectivity index (χ1v) is 6.29. The van der Waals surface area contributed by atoms with Gasteiger partial charge in [0.25, 0.3) is 0 Å². The minimum absolute atomic E-state index is 0.195. The number of aryl methyl sites for hydroxylation is 2. The highest BCUT2D eigenvalue weighted by Gasteiger charge is 2.29. The van der Waals surface area contributed by atoms with E-state index in [0.717, 1.165) is 12.1 Å². The Morgan fingerprint density at radius 3 is 2.48 bits per heavy atom. The number of carbonyl (C=O) groups is 1. The third kappa shape index (κ3) is 4.34. The maximum atomic E-state index is 12.4. The minimum Gasteiger partial charge on any atom is -0.323 e. The van der Waals surface area contributed by atoms with E-state index < -0.39 is 11.7 Å². The van der Waals surface area contributed by atoms with Crippen molar-refractivity contribution in [2.45, 2.75) is 19.0 Å². The van der Waals surface area contributed by atoms with Crippen molar-refractivity contribution in [3.05, 3.63) is 47.8 Å². The van der Waals surface area contributed by atoms with Gasteiger partial charge >= 0.3 is 6.18 Å². The van der Waals surface area contributed by atoms with E-state index in [0.29, 0.717) is 17.7 Å². The van der Waals surface area contributed by atoms with E-state index in [4.69, 9.17) is 0 Å². The van der Waals surface area contributed by atoms with Crippen LogP contribution in [0.1, 0.15) is 17.5 Å². The molecule has 21 heavy (non-hydrogen) atoms. The molecule has 7 heteroatoms. The summed E-state index contributed by atoms with van der Waals surface area (Å²) < 4.78 is 38.8. The molecule has 1 heterocycles. The second kappa shape index (κ2) is 5.99. The largest absolute Gasteiger partial charge is 0.416 e. The number of benzene rings is 1. The molecule has 2 aromatic rings. The molecule has 1 N–H and O–H groups in total. The van der Waals surface area contributed by atoms with Crippen LogP contribution in [0.25, 0.3) is 0 Å². The maximum Gasteiger partial charge on any atom is 0.416 e. The van der Waals surface area contributed by atoms with E-state index in [9.17, 15) is 18.0 Å². The Bertz CT molecular complexity index is 617. The number of nitrogens with zero attached hydrogens (tertiary/aromatic N) is 2. The summed E-state index contributed by atoms with van der Waals surface area (Å²) in [5.74, 6) is -0.206. The van der Waals surface area contributed by atoms with Gasteiger partial charge in [-0.3, -0.25) is 9.48 Å². The van der Waals surface area contributed by atoms with Crippen LogP contribution in [0.4, 0.5) is 18.9 Å². The molecule has 2 rings (SSSR count). The first-order chi connectivity index (χ1) is 9.84. The molecule has 0 unspecified atom stereocenters. The Balaban J connectivity index is 1.86. The molecule has 0 fully saturated rings. The van der Waals surface area contributed by atoms with E-state index >= 15 is 0 Å². The average Bonchev–Trinajstić information content (AvgIpc) is 2.81. The van der Waals surface area contributed by atoms with E-state index in [2.05, 4.69) is 10.4 Å². The lowest BCUT2D eigenvalue weighted by atomic mass is 10.1. The smallest absolute Gasteiger partial charge is 0.323 e. The molecule has 0 aliphatic heterocycles. The number of hydrogen-bond donors (Lipinski definition) is 1. The fourth-order valence-electron chi connectivity index (χ4n) is 1.83. The van der Waals surface area contributed by atoms with Crippen molar-refractivity contribution >= 4 is 11.6 Å². The Kier molecular flexibility index (Phi) is 4.30. The summed E-state index contributed by atoms with van der Waals surface area (Å²) >= 11 is 0. The first-order valence-electron chi connectivity index (χ1n) is 6.29. The summed E-state index contributed by atoms with van der Waals surface area (Å²) in [4.78, 5) is 11.7. The quantitative estimate of drug-likeness (QED) is 0.943. The number of halogens is 3. The van der Waals surface area contributed by atoms with E-state index in [1.54, 1.807) is 17.9 Å². The van der Waals surface area contributed by atoms with Crippen LogP contribution in [0.2, 0.25) is 0 Å². The van der Waals surface area contributed by atoms with Gasteiger partial charge in [-0.2, -0.15) is 18.3 Å². The molecule has 1 amide bonds. The zero-order chi connectivity index (χ0) is 15.5. The predicted molar refractivity (Wildman–Crippen MR) is 71.6 cm³/mol. The third-order valence-corrected chi connectivity index (χ3v) is 2.91. The molecule has 0 spiro atoms. The van der Waals surface area contributed by atoms with Crippen LogP contribution in [0.5, 0.6) is 0 Å². The summed E-state index contributed by atoms with van der Waals surface area (Å²) in [6.07, 6.45) is -0.577. The van der Waals surface area contributed by atoms with Crippen LogP contribution >= 0.6 is 0 Å². The molecule has 0 aliphatic carbocycles. The molecule has 0 saturated heterocycles. The number of rotatable bonds is 4. The molecule has 0 aliphatic rings. The fourth-order valence-corrected chi connectivity index (χ4v) is 1.83. The number of nitrogens with one attached hydrogen (secondary N) is 1. The standard InChI is InChI=1S/C14H14F3N3O/c1-20-9-12(8-18-20)19-13(21)7-4-10-2-5-11(6-3-10)14(15,16)17/h2-3,5-6,8-9H,4,7H2,1H3,(H,19,21). The monoisotopic (exact) mass is 297 g/mol. The molecular formula is C14H14F3N3O. The van der Waals surface area contributed by atoms with Crippen LogP contribution in [-0.2, 0) is 24.4 Å². The minimum atomic E-state index is -4.34. The van der Waals surface area contributed by atoms with Gasteiger partial charge in [0.05, 0.1) is 17.4 Å². The molecule has 112 valence electrons. The van der Waals surface area contributed by atoms with Crippen molar-refractivity contribution in [2.24, 2.45) is 7.05 Å². The first kappa shape index (κ1) is 15.1. The predicted octanol–water partition coefficient (Wildman–Crippen LogP) is 3.01. The van der Waals surface area contributed by atoms with Crippen molar-refractivity contribution in [1.29, 1.82) is 0 Å². The van der Waals surface area contributed by atoms with Gasteiger partial charge in [0, 0.05) is 19.7 Å². The van der Waals surface area contributed by atoms with Gasteiger partial charge in [0.2, 0.25) is 5.91 Å². The summed E-state index contributed by atoms with van der Waals surface area (Å²) in [7, 11) is 1.73. The van der Waals surface area contributed by atoms with E-state index in [-0.39, 0.29) is 12.3 Å². The molecule has 4 nitrogen and oxygen atoms in total. The highest BCUT2D eigenvalue weighted by atomic mass is 19.4. The van der Waals surface area contributed by atoms with Crippen molar-refractivity contribution in [3.8, 4) is 0 Å². The van der Waals surface area contributed by atoms with Gasteiger partial charge < -0.3 is 5.32 Å². The normalized spacial score (nSPS) is 11.4. The molecule has 1 aromatic carbocycles. The summed E-state index contributed by atoms with van der Waals surface area (Å²) in [6, 6.07) is 4.82. The molecule has 0 saturated carbocycles. The number of aromatic nitrogens is 2. The number of hydrogen-bond acceptors (Lipinski definition) is 2. The Morgan fingerprint density at radius 2 is 1.95 bits per heavy atom. The van der Waals surface area contributed by atoms with Gasteiger partial charge in [0.15, 0.2) is 0 Å². The summed E-state index contributed by atoms with van der Waals surface area (Å²) in [6.45, 7) is 0. The lowest BCUT2D eigenvalue weighted by Crippen LogP contribution is -2.12. The van der Waals surface area contributed by atoms with Crippen LogP contribution in [-0.4, -0.2) is 15.7 Å². The number of amides is 1. The van der Waals surface area contributed by atoms with Crippen molar-refractivity contribution < 1.29 is 18.0 Å². The zero-order valence-electron chi connectivity index (χ0n) is 11.3. The average molecular weight is 297 g/mol. The number of alkyl halides is 3. The van der Waals surface area contributed by atoms with Crippen molar-refractivity contribution in [2.75, 3.05) is 5.32 Å². The fraction of sp³-hybridized carbons (Fsp3) is 0.286. The Hall–Kier alpha value is -2.31. The van der Waals surface area contributed by atoms with E-state index in [1.165, 1.54) is 18.3 Å². The van der Waals surface area contributed by atoms with Crippen LogP contribution in [0.3, 0.4) is 0 Å². The van der Waals surface area contributed by atoms with Crippen molar-refractivity contribution in [1.82, 2.24) is 9.78 Å². The molecule has 0 atom stereocenters. The maximum absolute atomic E-state index is 12.4. The van der Waals surface area contributed by atoms with Gasteiger partial charge in [-0.1, -0.05) is 12.1 Å². The van der Waals surface area contributed by atoms with Crippen LogP contribution in [0, 0.1) is 0 Å². The zero-order valence-corrected chi connectivity index (χ0v) is 11.3. The third-order valence-electron chi connectivity index (χ3n) is 2.91. The van der Waals surface area contributed by atoms with E-state index in [1.807, 2.05) is 0 Å². The molecule has 0 bridgehead atoms. The topological polar surface area (TPSA) is 46.9 Å². The highest BCUT2D eigenvalue weighted by Crippen LogP contribution is 2.29. The lowest BCUT2D eigenvalue weighted by molar-refractivity contribution is -0.137. The second-order valence-corrected chi connectivity index (χ2v) is 4.65. The Labute approximate surface area is 119 Å². The van der Waals surface area contributed by atoms with Gasteiger partial charge in [0.1, 0.15) is 0 Å². The molecule has 1 aromatic heterocycles. The second-order valence-electron chi connectivity index (χ2n) is 4.65. The van der Waals surface area contributed by atoms with Crippen molar-refractivity contribution in [3.63, 3.8) is 0 Å². The summed E-state index contributed by atoms with van der Waals surface area (Å²) in [5, 5.41) is 6.58. The Morgan fingerprint density at radius 1 is 1.29 bits per heavy atom. The van der Waals surface area contributed by atoms with Gasteiger partial charge in [-0.05, 0) is 24.1 Å². The number of anilines is 1. The SMILES string of the molecule is Cn1cc(NC(=O)CCc2ccc(C(F)(F)F)cc2)cn1. The molecule has 0 radical (unpaired) electrons. The van der Waals surface area contributed by atoms with Crippen LogP contribution in [0.15, 0.2) is 36.7 Å². The molecular weight excluding hydrogens is 283 g/mol. The lowest BCUT2D eigenvalue weighted by Gasteiger charge is -2.07. The summed E-state index contributed by atoms with van der Waals surface area (Å²) in [5.41, 5.74) is 0.588.